The fraction of sp³-hybridized carbons (Fsp3) is 0.667. The van der Waals surface area contributed by atoms with Gasteiger partial charge in [0.25, 0.3) is 5.91 Å². The second kappa shape index (κ2) is 4.69. The highest BCUT2D eigenvalue weighted by Crippen LogP contribution is 2.23. The van der Waals surface area contributed by atoms with Crippen LogP contribution in [-0.2, 0) is 7.05 Å². The monoisotopic (exact) mass is 255 g/mol. The number of carbonyl (C=O) groups is 1. The molecule has 1 fully saturated rings. The van der Waals surface area contributed by atoms with Crippen molar-refractivity contribution in [3.05, 3.63) is 16.4 Å². The van der Waals surface area contributed by atoms with Crippen molar-refractivity contribution >= 4 is 17.5 Å². The number of hydrogen-bond acceptors (Lipinski definition) is 2. The van der Waals surface area contributed by atoms with Crippen LogP contribution in [0.3, 0.4) is 0 Å². The first kappa shape index (κ1) is 12.4. The zero-order chi connectivity index (χ0) is 12.6. The van der Waals surface area contributed by atoms with E-state index in [1.54, 1.807) is 11.7 Å². The van der Waals surface area contributed by atoms with E-state index in [0.717, 1.165) is 19.5 Å². The lowest BCUT2D eigenvalue weighted by atomic mass is 9.99. The van der Waals surface area contributed by atoms with Gasteiger partial charge in [-0.1, -0.05) is 18.5 Å². The second-order valence-electron chi connectivity index (χ2n) is 4.87. The molecule has 0 aliphatic carbocycles. The lowest BCUT2D eigenvalue weighted by Gasteiger charge is -2.30. The van der Waals surface area contributed by atoms with E-state index < -0.39 is 0 Å². The van der Waals surface area contributed by atoms with Gasteiger partial charge in [-0.25, -0.2) is 0 Å². The molecule has 1 saturated heterocycles. The maximum atomic E-state index is 12.4. The first-order valence-corrected chi connectivity index (χ1v) is 6.37. The molecule has 4 nitrogen and oxygen atoms in total. The smallest absolute Gasteiger partial charge is 0.258 e. The van der Waals surface area contributed by atoms with E-state index in [1.165, 1.54) is 6.42 Å². The maximum absolute atomic E-state index is 12.4. The van der Waals surface area contributed by atoms with Gasteiger partial charge in [0, 0.05) is 20.1 Å². The fourth-order valence-electron chi connectivity index (χ4n) is 2.40. The Morgan fingerprint density at radius 3 is 2.76 bits per heavy atom. The Labute approximate surface area is 107 Å². The summed E-state index contributed by atoms with van der Waals surface area (Å²) < 4.78 is 1.55. The third kappa shape index (κ3) is 2.32. The third-order valence-corrected chi connectivity index (χ3v) is 3.74. The van der Waals surface area contributed by atoms with Crippen LogP contribution in [0.5, 0.6) is 0 Å². The van der Waals surface area contributed by atoms with Crippen LogP contribution in [0.4, 0.5) is 0 Å². The van der Waals surface area contributed by atoms with Crippen LogP contribution in [0.25, 0.3) is 0 Å². The quantitative estimate of drug-likeness (QED) is 0.772. The van der Waals surface area contributed by atoms with Gasteiger partial charge in [0.15, 0.2) is 0 Å². The van der Waals surface area contributed by atoms with Crippen molar-refractivity contribution in [2.24, 2.45) is 13.0 Å². The van der Waals surface area contributed by atoms with E-state index in [4.69, 9.17) is 11.6 Å². The number of carbonyl (C=O) groups excluding carboxylic acids is 1. The number of aromatic nitrogens is 2. The Bertz CT molecular complexity index is 441. The number of rotatable bonds is 1. The summed E-state index contributed by atoms with van der Waals surface area (Å²) in [5.41, 5.74) is 1.27. The molecule has 0 radical (unpaired) electrons. The molecule has 1 amide bonds. The number of nitrogens with zero attached hydrogens (tertiary/aromatic N) is 3. The van der Waals surface area contributed by atoms with Gasteiger partial charge in [0.1, 0.15) is 5.15 Å². The first-order chi connectivity index (χ1) is 8.00. The van der Waals surface area contributed by atoms with Crippen molar-refractivity contribution in [2.75, 3.05) is 13.1 Å². The van der Waals surface area contributed by atoms with E-state index in [2.05, 4.69) is 12.0 Å². The molecule has 0 aromatic carbocycles. The van der Waals surface area contributed by atoms with Crippen LogP contribution >= 0.6 is 11.6 Å². The van der Waals surface area contributed by atoms with Crippen molar-refractivity contribution in [3.8, 4) is 0 Å². The van der Waals surface area contributed by atoms with Gasteiger partial charge in [-0.2, -0.15) is 5.10 Å². The minimum atomic E-state index is 0.0205. The zero-order valence-corrected chi connectivity index (χ0v) is 11.3. The van der Waals surface area contributed by atoms with Crippen molar-refractivity contribution < 1.29 is 4.79 Å². The predicted octanol–water partition coefficient (Wildman–Crippen LogP) is 2.25. The molecule has 1 atom stereocenters. The summed E-state index contributed by atoms with van der Waals surface area (Å²) in [5.74, 6) is 0.593. The predicted molar refractivity (Wildman–Crippen MR) is 67.3 cm³/mol. The van der Waals surface area contributed by atoms with E-state index >= 15 is 0 Å². The number of hydrogen-bond donors (Lipinski definition) is 0. The third-order valence-electron chi connectivity index (χ3n) is 3.31. The Morgan fingerprint density at radius 2 is 2.24 bits per heavy atom. The lowest BCUT2D eigenvalue weighted by molar-refractivity contribution is 0.0682. The minimum Gasteiger partial charge on any atom is -0.338 e. The summed E-state index contributed by atoms with van der Waals surface area (Å²) in [7, 11) is 1.75. The van der Waals surface area contributed by atoms with Crippen LogP contribution in [0, 0.1) is 12.8 Å². The van der Waals surface area contributed by atoms with Crippen LogP contribution in [0.1, 0.15) is 35.8 Å². The van der Waals surface area contributed by atoms with Crippen molar-refractivity contribution in [1.82, 2.24) is 14.7 Å². The molecule has 1 aliphatic rings. The number of likely N-dealkylation sites (tertiary alicyclic amines) is 1. The Morgan fingerprint density at radius 1 is 1.53 bits per heavy atom. The molecule has 2 rings (SSSR count). The molecule has 1 aliphatic heterocycles. The van der Waals surface area contributed by atoms with Crippen LogP contribution in [-0.4, -0.2) is 33.7 Å². The normalized spacial score (nSPS) is 20.7. The molecule has 1 unspecified atom stereocenters. The minimum absolute atomic E-state index is 0.0205. The van der Waals surface area contributed by atoms with Gasteiger partial charge < -0.3 is 4.90 Å². The number of halogens is 1. The van der Waals surface area contributed by atoms with E-state index in [1.807, 2.05) is 11.8 Å². The van der Waals surface area contributed by atoms with E-state index in [-0.39, 0.29) is 5.91 Å². The summed E-state index contributed by atoms with van der Waals surface area (Å²) in [6.07, 6.45) is 2.27. The zero-order valence-electron chi connectivity index (χ0n) is 10.5. The largest absolute Gasteiger partial charge is 0.338 e. The van der Waals surface area contributed by atoms with Gasteiger partial charge in [-0.15, -0.1) is 0 Å². The molecule has 0 spiro atoms. The lowest BCUT2D eigenvalue weighted by Crippen LogP contribution is -2.39. The fourth-order valence-corrected chi connectivity index (χ4v) is 2.66. The van der Waals surface area contributed by atoms with Crippen LogP contribution in [0.15, 0.2) is 0 Å². The summed E-state index contributed by atoms with van der Waals surface area (Å²) in [5, 5.41) is 4.62. The summed E-state index contributed by atoms with van der Waals surface area (Å²) in [6.45, 7) is 5.65. The molecule has 0 bridgehead atoms. The second-order valence-corrected chi connectivity index (χ2v) is 5.23. The topological polar surface area (TPSA) is 38.1 Å². The molecule has 1 aromatic heterocycles. The van der Waals surface area contributed by atoms with Gasteiger partial charge in [0.2, 0.25) is 0 Å². The highest BCUT2D eigenvalue weighted by atomic mass is 35.5. The number of amides is 1. The van der Waals surface area contributed by atoms with Gasteiger partial charge in [-0.3, -0.25) is 9.48 Å². The Balaban J connectivity index is 2.24. The molecular weight excluding hydrogens is 238 g/mol. The van der Waals surface area contributed by atoms with E-state index in [9.17, 15) is 4.79 Å². The maximum Gasteiger partial charge on any atom is 0.258 e. The Hall–Kier alpha value is -1.03. The average molecular weight is 256 g/mol. The summed E-state index contributed by atoms with van der Waals surface area (Å²) in [4.78, 5) is 14.3. The van der Waals surface area contributed by atoms with Gasteiger partial charge in [-0.05, 0) is 25.7 Å². The Kier molecular flexibility index (Phi) is 3.43. The van der Waals surface area contributed by atoms with E-state index in [0.29, 0.717) is 22.3 Å². The SMILES string of the molecule is Cc1nn(C)c(Cl)c1C(=O)N1CCCC(C)C1. The summed E-state index contributed by atoms with van der Waals surface area (Å²) >= 11 is 6.12. The molecule has 5 heteroatoms. The first-order valence-electron chi connectivity index (χ1n) is 5.99. The van der Waals surface area contributed by atoms with Crippen molar-refractivity contribution in [2.45, 2.75) is 26.7 Å². The number of piperidine rings is 1. The molecule has 0 N–H and O–H groups in total. The standard InChI is InChI=1S/C12H18ClN3O/c1-8-5-4-6-16(7-8)12(17)10-9(2)14-15(3)11(10)13/h8H,4-7H2,1-3H3. The number of aryl methyl sites for hydroxylation is 2. The van der Waals surface area contributed by atoms with Crippen molar-refractivity contribution in [3.63, 3.8) is 0 Å². The highest BCUT2D eigenvalue weighted by molar-refractivity contribution is 6.33. The van der Waals surface area contributed by atoms with Gasteiger partial charge in [0.05, 0.1) is 11.3 Å². The average Bonchev–Trinajstić information content (AvgIpc) is 2.52. The van der Waals surface area contributed by atoms with Crippen LogP contribution < -0.4 is 0 Å². The summed E-state index contributed by atoms with van der Waals surface area (Å²) in [6, 6.07) is 0. The van der Waals surface area contributed by atoms with Gasteiger partial charge >= 0.3 is 0 Å². The van der Waals surface area contributed by atoms with Crippen LogP contribution in [0.2, 0.25) is 5.15 Å². The molecule has 0 saturated carbocycles. The molecule has 2 heterocycles. The molecule has 1 aromatic rings. The van der Waals surface area contributed by atoms with Crippen molar-refractivity contribution in [1.29, 1.82) is 0 Å². The molecule has 94 valence electrons. The highest BCUT2D eigenvalue weighted by Gasteiger charge is 2.27. The molecule has 17 heavy (non-hydrogen) atoms. The molecular formula is C12H18ClN3O.